The Morgan fingerprint density at radius 1 is 1.21 bits per heavy atom. The number of ether oxygens (including phenoxy) is 1. The molecule has 24 heavy (non-hydrogen) atoms. The van der Waals surface area contributed by atoms with Gasteiger partial charge >= 0.3 is 5.97 Å². The topological polar surface area (TPSA) is 75.6 Å². The first-order valence-corrected chi connectivity index (χ1v) is 7.86. The van der Waals surface area contributed by atoms with E-state index in [9.17, 15) is 14.7 Å². The van der Waals surface area contributed by atoms with Gasteiger partial charge in [0.25, 0.3) is 0 Å². The molecule has 0 aliphatic heterocycles. The molecule has 2 aromatic rings. The van der Waals surface area contributed by atoms with Gasteiger partial charge in [-0.1, -0.05) is 30.3 Å². The van der Waals surface area contributed by atoms with E-state index in [0.29, 0.717) is 5.56 Å². The summed E-state index contributed by atoms with van der Waals surface area (Å²) in [6, 6.07) is 12.4. The number of carbonyl (C=O) groups excluding carboxylic acids is 1. The maximum absolute atomic E-state index is 12.4. The molecule has 2 aromatic carbocycles. The molecule has 5 nitrogen and oxygen atoms in total. The van der Waals surface area contributed by atoms with Gasteiger partial charge in [0.05, 0.1) is 25.1 Å². The fourth-order valence-corrected chi connectivity index (χ4v) is 3.26. The molecule has 0 saturated carbocycles. The lowest BCUT2D eigenvalue weighted by Crippen LogP contribution is -2.29. The van der Waals surface area contributed by atoms with Gasteiger partial charge in [-0.05, 0) is 41.7 Å². The van der Waals surface area contributed by atoms with Crippen LogP contribution in [0.3, 0.4) is 0 Å². The van der Waals surface area contributed by atoms with Crippen LogP contribution in [0.25, 0.3) is 0 Å². The highest BCUT2D eigenvalue weighted by atomic mass is 16.5. The van der Waals surface area contributed by atoms with Crippen LogP contribution in [0.1, 0.15) is 39.5 Å². The van der Waals surface area contributed by atoms with Crippen LogP contribution in [-0.2, 0) is 17.6 Å². The Labute approximate surface area is 140 Å². The summed E-state index contributed by atoms with van der Waals surface area (Å²) in [6.07, 6.45) is 1.73. The maximum Gasteiger partial charge on any atom is 0.335 e. The fourth-order valence-electron chi connectivity index (χ4n) is 3.26. The van der Waals surface area contributed by atoms with E-state index in [1.54, 1.807) is 25.3 Å². The van der Waals surface area contributed by atoms with Crippen LogP contribution in [0, 0.1) is 0 Å². The summed E-state index contributed by atoms with van der Waals surface area (Å²) < 4.78 is 5.37. The predicted octanol–water partition coefficient (Wildman–Crippen LogP) is 2.74. The van der Waals surface area contributed by atoms with Gasteiger partial charge in [0.2, 0.25) is 5.91 Å². The van der Waals surface area contributed by atoms with Crippen molar-refractivity contribution >= 4 is 11.9 Å². The zero-order chi connectivity index (χ0) is 17.1. The molecule has 5 heteroatoms. The van der Waals surface area contributed by atoms with Crippen LogP contribution in [0.4, 0.5) is 0 Å². The van der Waals surface area contributed by atoms with Gasteiger partial charge in [0, 0.05) is 0 Å². The van der Waals surface area contributed by atoms with Crippen molar-refractivity contribution in [3.63, 3.8) is 0 Å². The Balaban J connectivity index is 1.73. The second kappa shape index (κ2) is 6.74. The molecule has 1 amide bonds. The number of carbonyl (C=O) groups is 2. The van der Waals surface area contributed by atoms with E-state index in [1.807, 2.05) is 18.2 Å². The maximum atomic E-state index is 12.4. The molecule has 0 spiro atoms. The molecule has 0 heterocycles. The lowest BCUT2D eigenvalue weighted by Gasteiger charge is -2.15. The molecule has 1 aliphatic rings. The zero-order valence-electron chi connectivity index (χ0n) is 13.4. The zero-order valence-corrected chi connectivity index (χ0v) is 13.4. The van der Waals surface area contributed by atoms with E-state index < -0.39 is 5.97 Å². The van der Waals surface area contributed by atoms with Crippen LogP contribution in [-0.4, -0.2) is 24.1 Å². The van der Waals surface area contributed by atoms with Crippen molar-refractivity contribution in [2.24, 2.45) is 0 Å². The molecule has 0 fully saturated rings. The van der Waals surface area contributed by atoms with E-state index in [-0.39, 0.29) is 23.9 Å². The van der Waals surface area contributed by atoms with E-state index in [2.05, 4.69) is 5.32 Å². The lowest BCUT2D eigenvalue weighted by molar-refractivity contribution is -0.121. The highest BCUT2D eigenvalue weighted by Gasteiger charge is 2.26. The molecule has 0 saturated heterocycles. The third-order valence-corrected chi connectivity index (χ3v) is 4.38. The standard InChI is InChI=1S/C19H19NO4/c1-24-17-8-4-7-14-15(17)9-10-16(14)20-18(21)11-12-5-2-3-6-13(12)19(22)23/h2-8,16H,9-11H2,1H3,(H,20,21)(H,22,23). The molecule has 124 valence electrons. The molecule has 0 aromatic heterocycles. The Bertz CT molecular complexity index is 785. The van der Waals surface area contributed by atoms with E-state index >= 15 is 0 Å². The Morgan fingerprint density at radius 2 is 2.00 bits per heavy atom. The molecule has 0 radical (unpaired) electrons. The van der Waals surface area contributed by atoms with Crippen molar-refractivity contribution in [2.45, 2.75) is 25.3 Å². The van der Waals surface area contributed by atoms with Crippen molar-refractivity contribution in [3.8, 4) is 5.75 Å². The number of fused-ring (bicyclic) bond motifs is 1. The smallest absolute Gasteiger partial charge is 0.335 e. The second-order valence-corrected chi connectivity index (χ2v) is 5.83. The summed E-state index contributed by atoms with van der Waals surface area (Å²) in [6.45, 7) is 0. The summed E-state index contributed by atoms with van der Waals surface area (Å²) in [5.74, 6) is -0.348. The third-order valence-electron chi connectivity index (χ3n) is 4.38. The Morgan fingerprint density at radius 3 is 2.75 bits per heavy atom. The van der Waals surface area contributed by atoms with Gasteiger partial charge in [0.1, 0.15) is 5.75 Å². The van der Waals surface area contributed by atoms with Crippen LogP contribution < -0.4 is 10.1 Å². The lowest BCUT2D eigenvalue weighted by atomic mass is 10.0. The molecule has 3 rings (SSSR count). The van der Waals surface area contributed by atoms with Gasteiger partial charge in [0.15, 0.2) is 0 Å². The summed E-state index contributed by atoms with van der Waals surface area (Å²) >= 11 is 0. The number of hydrogen-bond acceptors (Lipinski definition) is 3. The molecule has 1 unspecified atom stereocenters. The minimum atomic E-state index is -1.02. The minimum Gasteiger partial charge on any atom is -0.496 e. The van der Waals surface area contributed by atoms with Crippen LogP contribution in [0.15, 0.2) is 42.5 Å². The van der Waals surface area contributed by atoms with Gasteiger partial charge in [-0.2, -0.15) is 0 Å². The SMILES string of the molecule is COc1cccc2c1CCC2NC(=O)Cc1ccccc1C(=O)O. The van der Waals surface area contributed by atoms with E-state index in [0.717, 1.165) is 29.7 Å². The number of carboxylic acid groups (broad SMARTS) is 1. The number of carboxylic acids is 1. The number of methoxy groups -OCH3 is 1. The number of nitrogens with one attached hydrogen (secondary N) is 1. The highest BCUT2D eigenvalue weighted by Crippen LogP contribution is 2.36. The van der Waals surface area contributed by atoms with Gasteiger partial charge in [-0.25, -0.2) is 4.79 Å². The van der Waals surface area contributed by atoms with E-state index in [4.69, 9.17) is 4.74 Å². The van der Waals surface area contributed by atoms with Crippen molar-refractivity contribution in [2.75, 3.05) is 7.11 Å². The molecule has 1 atom stereocenters. The Hall–Kier alpha value is -2.82. The average Bonchev–Trinajstić information content (AvgIpc) is 2.98. The fraction of sp³-hybridized carbons (Fsp3) is 0.263. The molecule has 0 bridgehead atoms. The summed E-state index contributed by atoms with van der Waals surface area (Å²) in [5.41, 5.74) is 2.90. The normalized spacial score (nSPS) is 15.6. The largest absolute Gasteiger partial charge is 0.496 e. The molecular weight excluding hydrogens is 306 g/mol. The Kier molecular flexibility index (Phi) is 4.51. The van der Waals surface area contributed by atoms with Gasteiger partial charge in [-0.3, -0.25) is 4.79 Å². The number of benzene rings is 2. The van der Waals surface area contributed by atoms with Crippen molar-refractivity contribution in [1.29, 1.82) is 0 Å². The number of rotatable bonds is 5. The first-order chi connectivity index (χ1) is 11.6. The van der Waals surface area contributed by atoms with E-state index in [1.165, 1.54) is 6.07 Å². The van der Waals surface area contributed by atoms with Crippen LogP contribution >= 0.6 is 0 Å². The average molecular weight is 325 g/mol. The highest BCUT2D eigenvalue weighted by molar-refractivity contribution is 5.91. The molecule has 2 N–H and O–H groups in total. The minimum absolute atomic E-state index is 0.0538. The third kappa shape index (κ3) is 3.11. The number of aromatic carboxylic acids is 1. The van der Waals surface area contributed by atoms with Gasteiger partial charge in [-0.15, -0.1) is 0 Å². The second-order valence-electron chi connectivity index (χ2n) is 5.83. The monoisotopic (exact) mass is 325 g/mol. The molecule has 1 aliphatic carbocycles. The number of amides is 1. The summed E-state index contributed by atoms with van der Waals surface area (Å²) in [5, 5.41) is 12.2. The summed E-state index contributed by atoms with van der Waals surface area (Å²) in [7, 11) is 1.64. The van der Waals surface area contributed by atoms with Crippen molar-refractivity contribution < 1.29 is 19.4 Å². The first-order valence-electron chi connectivity index (χ1n) is 7.86. The van der Waals surface area contributed by atoms with Crippen molar-refractivity contribution in [1.82, 2.24) is 5.32 Å². The van der Waals surface area contributed by atoms with Gasteiger partial charge < -0.3 is 15.2 Å². The predicted molar refractivity (Wildman–Crippen MR) is 89.3 cm³/mol. The number of hydrogen-bond donors (Lipinski definition) is 2. The van der Waals surface area contributed by atoms with Crippen molar-refractivity contribution in [3.05, 3.63) is 64.7 Å². The quantitative estimate of drug-likeness (QED) is 0.886. The summed E-state index contributed by atoms with van der Waals surface area (Å²) in [4.78, 5) is 23.6. The van der Waals surface area contributed by atoms with Crippen LogP contribution in [0.2, 0.25) is 0 Å². The first kappa shape index (κ1) is 16.1. The molecular formula is C19H19NO4. The van der Waals surface area contributed by atoms with Crippen LogP contribution in [0.5, 0.6) is 5.75 Å².